The summed E-state index contributed by atoms with van der Waals surface area (Å²) >= 11 is 5.83. The van der Waals surface area contributed by atoms with Gasteiger partial charge in [-0.15, -0.1) is 12.4 Å². The van der Waals surface area contributed by atoms with Crippen molar-refractivity contribution in [1.29, 1.82) is 0 Å². The molecule has 22 heavy (non-hydrogen) atoms. The second kappa shape index (κ2) is 8.34. The molecule has 1 heterocycles. The number of benzene rings is 1. The van der Waals surface area contributed by atoms with Gasteiger partial charge in [-0.25, -0.2) is 4.39 Å². The zero-order chi connectivity index (χ0) is 15.5. The first-order valence-electron chi connectivity index (χ1n) is 6.83. The molecular weight excluding hydrogens is 343 g/mol. The maximum absolute atomic E-state index is 13.5. The van der Waals surface area contributed by atoms with Crippen molar-refractivity contribution in [2.45, 2.75) is 25.1 Å². The molecule has 0 radical (unpaired) electrons. The van der Waals surface area contributed by atoms with Crippen molar-refractivity contribution in [2.75, 3.05) is 26.2 Å². The molecule has 0 unspecified atom stereocenters. The molecule has 1 atom stereocenters. The number of alkyl halides is 3. The third-order valence-corrected chi connectivity index (χ3v) is 3.78. The van der Waals surface area contributed by atoms with Crippen LogP contribution in [0.2, 0.25) is 5.02 Å². The van der Waals surface area contributed by atoms with Gasteiger partial charge < -0.3 is 5.32 Å². The van der Waals surface area contributed by atoms with Gasteiger partial charge in [0.2, 0.25) is 0 Å². The Balaban J connectivity index is 0.00000242. The zero-order valence-electron chi connectivity index (χ0n) is 11.8. The van der Waals surface area contributed by atoms with Crippen molar-refractivity contribution >= 4 is 24.0 Å². The number of hydrogen-bond donors (Lipinski definition) is 1. The van der Waals surface area contributed by atoms with Crippen LogP contribution in [0.4, 0.5) is 17.6 Å². The van der Waals surface area contributed by atoms with Crippen molar-refractivity contribution in [3.8, 4) is 0 Å². The third kappa shape index (κ3) is 5.91. The van der Waals surface area contributed by atoms with Gasteiger partial charge in [0.1, 0.15) is 5.82 Å². The molecule has 0 spiro atoms. The summed E-state index contributed by atoms with van der Waals surface area (Å²) in [6.45, 7) is 2.70. The van der Waals surface area contributed by atoms with Gasteiger partial charge in [-0.3, -0.25) is 4.90 Å². The average Bonchev–Trinajstić information content (AvgIpc) is 2.37. The van der Waals surface area contributed by atoms with E-state index >= 15 is 0 Å². The molecule has 1 aromatic carbocycles. The van der Waals surface area contributed by atoms with Crippen LogP contribution < -0.4 is 5.32 Å². The Labute approximate surface area is 138 Å². The SMILES string of the molecule is Cl.Fc1cc(Cl)cc([C@@H](CCC(F)(F)F)N2CCNCC2)c1. The van der Waals surface area contributed by atoms with Crippen LogP contribution in [0.25, 0.3) is 0 Å². The molecule has 1 fully saturated rings. The molecule has 0 aromatic heterocycles. The molecule has 0 saturated carbocycles. The molecule has 1 saturated heterocycles. The normalized spacial score (nSPS) is 17.9. The number of hydrogen-bond acceptors (Lipinski definition) is 2. The first kappa shape index (κ1) is 19.5. The molecule has 0 aliphatic carbocycles. The number of nitrogens with zero attached hydrogens (tertiary/aromatic N) is 1. The lowest BCUT2D eigenvalue weighted by Gasteiger charge is -2.35. The van der Waals surface area contributed by atoms with E-state index in [1.54, 1.807) is 6.07 Å². The van der Waals surface area contributed by atoms with E-state index in [2.05, 4.69) is 5.32 Å². The predicted molar refractivity (Wildman–Crippen MR) is 81.1 cm³/mol. The summed E-state index contributed by atoms with van der Waals surface area (Å²) in [6, 6.07) is 3.51. The lowest BCUT2D eigenvalue weighted by molar-refractivity contribution is -0.138. The van der Waals surface area contributed by atoms with E-state index in [0.717, 1.165) is 6.07 Å². The fourth-order valence-electron chi connectivity index (χ4n) is 2.62. The molecule has 2 nitrogen and oxygen atoms in total. The summed E-state index contributed by atoms with van der Waals surface area (Å²) in [5.74, 6) is -0.523. The number of halogens is 6. The molecule has 0 amide bonds. The topological polar surface area (TPSA) is 15.3 Å². The maximum Gasteiger partial charge on any atom is 0.389 e. The average molecular weight is 361 g/mol. The maximum atomic E-state index is 13.5. The molecule has 8 heteroatoms. The summed E-state index contributed by atoms with van der Waals surface area (Å²) in [5.41, 5.74) is 0.506. The molecule has 126 valence electrons. The fraction of sp³-hybridized carbons (Fsp3) is 0.571. The Morgan fingerprint density at radius 2 is 1.82 bits per heavy atom. The molecule has 1 aromatic rings. The first-order valence-corrected chi connectivity index (χ1v) is 7.20. The van der Waals surface area contributed by atoms with Crippen LogP contribution in [0.3, 0.4) is 0 Å². The molecule has 1 aliphatic heterocycles. The standard InChI is InChI=1S/C14H17ClF4N2.ClH/c15-11-7-10(8-12(16)9-11)13(1-2-14(17,18)19)21-5-3-20-4-6-21;/h7-9,13,20H,1-6H2;1H/t13-;/m1./s1. The van der Waals surface area contributed by atoms with Crippen molar-refractivity contribution in [3.63, 3.8) is 0 Å². The third-order valence-electron chi connectivity index (χ3n) is 3.56. The Morgan fingerprint density at radius 3 is 2.36 bits per heavy atom. The lowest BCUT2D eigenvalue weighted by atomic mass is 9.99. The van der Waals surface area contributed by atoms with Crippen molar-refractivity contribution in [2.24, 2.45) is 0 Å². The Morgan fingerprint density at radius 1 is 1.18 bits per heavy atom. The van der Waals surface area contributed by atoms with E-state index in [-0.39, 0.29) is 23.9 Å². The van der Waals surface area contributed by atoms with Crippen LogP contribution in [-0.2, 0) is 0 Å². The first-order chi connectivity index (χ1) is 9.85. The molecule has 1 aliphatic rings. The summed E-state index contributed by atoms with van der Waals surface area (Å²) in [4.78, 5) is 1.95. The van der Waals surface area contributed by atoms with Gasteiger partial charge in [-0.1, -0.05) is 11.6 Å². The minimum absolute atomic E-state index is 0. The molecule has 1 N–H and O–H groups in total. The van der Waals surface area contributed by atoms with Crippen LogP contribution in [0.15, 0.2) is 18.2 Å². The minimum atomic E-state index is -4.22. The second-order valence-corrected chi connectivity index (χ2v) is 5.59. The van der Waals surface area contributed by atoms with Gasteiger partial charge in [0.25, 0.3) is 0 Å². The van der Waals surface area contributed by atoms with Crippen LogP contribution in [0, 0.1) is 5.82 Å². The summed E-state index contributed by atoms with van der Waals surface area (Å²) < 4.78 is 51.1. The van der Waals surface area contributed by atoms with Crippen LogP contribution in [0.1, 0.15) is 24.4 Å². The Kier molecular flexibility index (Phi) is 7.38. The van der Waals surface area contributed by atoms with Crippen molar-refractivity contribution < 1.29 is 17.6 Å². The minimum Gasteiger partial charge on any atom is -0.314 e. The summed E-state index contributed by atoms with van der Waals surface area (Å²) in [7, 11) is 0. The van der Waals surface area contributed by atoms with Crippen molar-refractivity contribution in [3.05, 3.63) is 34.6 Å². The van der Waals surface area contributed by atoms with E-state index in [1.165, 1.54) is 6.07 Å². The number of piperazine rings is 1. The number of nitrogens with one attached hydrogen (secondary N) is 1. The summed E-state index contributed by atoms with van der Waals surface area (Å²) in [6.07, 6.45) is -5.21. The molecule has 0 bridgehead atoms. The van der Waals surface area contributed by atoms with E-state index in [4.69, 9.17) is 11.6 Å². The quantitative estimate of drug-likeness (QED) is 0.809. The van der Waals surface area contributed by atoms with Gasteiger partial charge in [0.15, 0.2) is 0 Å². The van der Waals surface area contributed by atoms with Gasteiger partial charge in [-0.05, 0) is 30.2 Å². The highest BCUT2D eigenvalue weighted by Gasteiger charge is 2.31. The van der Waals surface area contributed by atoms with E-state index in [1.807, 2.05) is 4.90 Å². The predicted octanol–water partition coefficient (Wildman–Crippen LogP) is 4.19. The van der Waals surface area contributed by atoms with Crippen LogP contribution in [0.5, 0.6) is 0 Å². The Hall–Kier alpha value is -0.560. The van der Waals surface area contributed by atoms with Crippen LogP contribution in [-0.4, -0.2) is 37.3 Å². The lowest BCUT2D eigenvalue weighted by Crippen LogP contribution is -2.45. The smallest absolute Gasteiger partial charge is 0.314 e. The monoisotopic (exact) mass is 360 g/mol. The van der Waals surface area contributed by atoms with Crippen molar-refractivity contribution in [1.82, 2.24) is 10.2 Å². The van der Waals surface area contributed by atoms with Gasteiger partial charge in [0.05, 0.1) is 0 Å². The zero-order valence-corrected chi connectivity index (χ0v) is 13.4. The highest BCUT2D eigenvalue weighted by molar-refractivity contribution is 6.30. The molecular formula is C14H18Cl2F4N2. The highest BCUT2D eigenvalue weighted by Crippen LogP contribution is 2.33. The van der Waals surface area contributed by atoms with Gasteiger partial charge >= 0.3 is 6.18 Å². The number of rotatable bonds is 4. The van der Waals surface area contributed by atoms with Gasteiger partial charge in [0, 0.05) is 43.7 Å². The second-order valence-electron chi connectivity index (χ2n) is 5.16. The van der Waals surface area contributed by atoms with Gasteiger partial charge in [-0.2, -0.15) is 13.2 Å². The van der Waals surface area contributed by atoms with E-state index in [0.29, 0.717) is 31.7 Å². The van der Waals surface area contributed by atoms with E-state index < -0.39 is 24.5 Å². The van der Waals surface area contributed by atoms with Crippen LogP contribution >= 0.6 is 24.0 Å². The highest BCUT2D eigenvalue weighted by atomic mass is 35.5. The van der Waals surface area contributed by atoms with E-state index in [9.17, 15) is 17.6 Å². The Bertz CT molecular complexity index is 456. The largest absolute Gasteiger partial charge is 0.389 e. The fourth-order valence-corrected chi connectivity index (χ4v) is 2.85. The molecule has 2 rings (SSSR count). The summed E-state index contributed by atoms with van der Waals surface area (Å²) in [5, 5.41) is 3.36.